The Labute approximate surface area is 76.6 Å². The van der Waals surface area contributed by atoms with Gasteiger partial charge in [-0.1, -0.05) is 0 Å². The summed E-state index contributed by atoms with van der Waals surface area (Å²) in [5, 5.41) is 2.92. The van der Waals surface area contributed by atoms with Crippen LogP contribution in [0.1, 0.15) is 20.3 Å². The zero-order chi connectivity index (χ0) is 9.22. The van der Waals surface area contributed by atoms with E-state index in [1.807, 2.05) is 13.8 Å². The average molecular weight is 183 g/mol. The molecule has 2 heterocycles. The van der Waals surface area contributed by atoms with E-state index in [0.717, 1.165) is 6.42 Å². The quantitative estimate of drug-likeness (QED) is 0.576. The van der Waals surface area contributed by atoms with Crippen LogP contribution in [-0.2, 0) is 14.3 Å². The molecule has 0 spiro atoms. The minimum Gasteiger partial charge on any atom is -0.350 e. The number of amides is 1. The van der Waals surface area contributed by atoms with E-state index in [2.05, 4.69) is 5.32 Å². The van der Waals surface area contributed by atoms with Crippen molar-refractivity contribution in [2.75, 3.05) is 0 Å². The van der Waals surface area contributed by atoms with Crippen molar-refractivity contribution >= 4 is 5.91 Å². The highest BCUT2D eigenvalue weighted by Crippen LogP contribution is 2.44. The van der Waals surface area contributed by atoms with Crippen LogP contribution in [0, 0.1) is 5.92 Å². The lowest BCUT2D eigenvalue weighted by molar-refractivity contribution is -0.155. The van der Waals surface area contributed by atoms with Crippen molar-refractivity contribution in [1.29, 1.82) is 0 Å². The van der Waals surface area contributed by atoms with Gasteiger partial charge in [-0.2, -0.15) is 0 Å². The molecule has 2 bridgehead atoms. The van der Waals surface area contributed by atoms with Gasteiger partial charge in [-0.3, -0.25) is 4.79 Å². The van der Waals surface area contributed by atoms with E-state index in [1.165, 1.54) is 0 Å². The normalized spacial score (nSPS) is 50.8. The minimum absolute atomic E-state index is 0.00579. The first-order valence-corrected chi connectivity index (χ1v) is 4.73. The predicted octanol–water partition coefficient (Wildman–Crippen LogP) is 0.0248. The van der Waals surface area contributed by atoms with Crippen molar-refractivity contribution < 1.29 is 14.3 Å². The summed E-state index contributed by atoms with van der Waals surface area (Å²) in [4.78, 5) is 11.3. The van der Waals surface area contributed by atoms with E-state index in [-0.39, 0.29) is 30.1 Å². The molecule has 2 saturated heterocycles. The van der Waals surface area contributed by atoms with Crippen LogP contribution >= 0.6 is 0 Å². The summed E-state index contributed by atoms with van der Waals surface area (Å²) >= 11 is 0. The van der Waals surface area contributed by atoms with E-state index in [4.69, 9.17) is 9.47 Å². The topological polar surface area (TPSA) is 47.6 Å². The molecule has 2 aliphatic heterocycles. The van der Waals surface area contributed by atoms with Crippen LogP contribution in [-0.4, -0.2) is 29.9 Å². The number of hydrogen-bond acceptors (Lipinski definition) is 3. The molecule has 0 radical (unpaired) electrons. The minimum atomic E-state index is -0.515. The first kappa shape index (κ1) is 7.76. The Morgan fingerprint density at radius 3 is 2.85 bits per heavy atom. The van der Waals surface area contributed by atoms with Gasteiger partial charge in [0.15, 0.2) is 5.79 Å². The molecule has 3 fully saturated rings. The van der Waals surface area contributed by atoms with Crippen molar-refractivity contribution in [1.82, 2.24) is 5.32 Å². The molecule has 4 nitrogen and oxygen atoms in total. The van der Waals surface area contributed by atoms with Gasteiger partial charge in [-0.05, 0) is 20.3 Å². The van der Waals surface area contributed by atoms with Gasteiger partial charge in [-0.15, -0.1) is 0 Å². The Kier molecular flexibility index (Phi) is 1.23. The summed E-state index contributed by atoms with van der Waals surface area (Å²) in [6.45, 7) is 3.80. The molecule has 0 aromatic heterocycles. The van der Waals surface area contributed by atoms with Gasteiger partial charge in [-0.25, -0.2) is 0 Å². The molecule has 0 aromatic rings. The lowest BCUT2D eigenvalue weighted by Crippen LogP contribution is -2.47. The van der Waals surface area contributed by atoms with Crippen LogP contribution in [0.2, 0.25) is 0 Å². The maximum Gasteiger partial charge on any atom is 0.226 e. The van der Waals surface area contributed by atoms with Crippen LogP contribution < -0.4 is 5.32 Å². The van der Waals surface area contributed by atoms with Crippen LogP contribution in [0.15, 0.2) is 0 Å². The van der Waals surface area contributed by atoms with Gasteiger partial charge in [0.1, 0.15) is 12.2 Å². The molecule has 72 valence electrons. The number of fused-ring (bicyclic) bond motifs is 5. The Morgan fingerprint density at radius 2 is 2.08 bits per heavy atom. The molecule has 1 amide bonds. The SMILES string of the molecule is CC1(C)O[C@@H]2[C@H](O1)[C@H]1C[C@@H]2C(=O)N1. The fourth-order valence-electron chi connectivity index (χ4n) is 2.67. The molecule has 0 aromatic carbocycles. The molecule has 3 aliphatic rings. The molecule has 1 saturated carbocycles. The number of nitrogens with one attached hydrogen (secondary N) is 1. The average Bonchev–Trinajstić information content (AvgIpc) is 2.56. The molecule has 0 unspecified atom stereocenters. The molecule has 3 rings (SSSR count). The lowest BCUT2D eigenvalue weighted by atomic mass is 10.0. The zero-order valence-corrected chi connectivity index (χ0v) is 7.74. The van der Waals surface area contributed by atoms with Gasteiger partial charge in [0.25, 0.3) is 0 Å². The third kappa shape index (κ3) is 0.901. The largest absolute Gasteiger partial charge is 0.350 e. The Morgan fingerprint density at radius 1 is 1.38 bits per heavy atom. The summed E-state index contributed by atoms with van der Waals surface area (Å²) in [5.74, 6) is -0.359. The number of piperidine rings is 1. The highest BCUT2D eigenvalue weighted by atomic mass is 16.8. The van der Waals surface area contributed by atoms with Crippen molar-refractivity contribution in [3.8, 4) is 0 Å². The van der Waals surface area contributed by atoms with E-state index in [9.17, 15) is 4.79 Å². The van der Waals surface area contributed by atoms with Crippen LogP contribution in [0.25, 0.3) is 0 Å². The smallest absolute Gasteiger partial charge is 0.226 e. The van der Waals surface area contributed by atoms with E-state index >= 15 is 0 Å². The second-order valence-corrected chi connectivity index (χ2v) is 4.52. The summed E-state index contributed by atoms with van der Waals surface area (Å²) in [5.41, 5.74) is 0. The number of ether oxygens (including phenoxy) is 2. The highest BCUT2D eigenvalue weighted by molar-refractivity contribution is 5.83. The standard InChI is InChI=1S/C9H13NO3/c1-9(2)12-6-4-3-5(7(6)13-9)10-8(4)11/h4-7H,3H2,1-2H3,(H,10,11)/t4-,5+,6-,7+/m0/s1. The van der Waals surface area contributed by atoms with E-state index in [0.29, 0.717) is 0 Å². The summed E-state index contributed by atoms with van der Waals surface area (Å²) < 4.78 is 11.4. The van der Waals surface area contributed by atoms with Crippen molar-refractivity contribution in [2.24, 2.45) is 5.92 Å². The molecule has 4 heteroatoms. The van der Waals surface area contributed by atoms with Gasteiger partial charge < -0.3 is 14.8 Å². The molecule has 4 atom stereocenters. The van der Waals surface area contributed by atoms with Crippen molar-refractivity contribution in [3.63, 3.8) is 0 Å². The van der Waals surface area contributed by atoms with Crippen LogP contribution in [0.5, 0.6) is 0 Å². The number of rotatable bonds is 0. The summed E-state index contributed by atoms with van der Waals surface area (Å²) in [7, 11) is 0. The molecular weight excluding hydrogens is 170 g/mol. The van der Waals surface area contributed by atoms with Crippen molar-refractivity contribution in [3.05, 3.63) is 0 Å². The Bertz CT molecular complexity index is 276. The molecular formula is C9H13NO3. The molecule has 1 N–H and O–H groups in total. The first-order valence-electron chi connectivity index (χ1n) is 4.73. The zero-order valence-electron chi connectivity index (χ0n) is 7.74. The highest BCUT2D eigenvalue weighted by Gasteiger charge is 2.60. The van der Waals surface area contributed by atoms with Crippen molar-refractivity contribution in [2.45, 2.75) is 44.3 Å². The first-order chi connectivity index (χ1) is 6.07. The second-order valence-electron chi connectivity index (χ2n) is 4.52. The number of carbonyl (C=O) groups excluding carboxylic acids is 1. The van der Waals surface area contributed by atoms with E-state index in [1.54, 1.807) is 0 Å². The van der Waals surface area contributed by atoms with Gasteiger partial charge >= 0.3 is 0 Å². The number of carbonyl (C=O) groups is 1. The third-order valence-corrected chi connectivity index (χ3v) is 3.13. The maximum atomic E-state index is 11.3. The Hall–Kier alpha value is -0.610. The molecule has 1 aliphatic carbocycles. The van der Waals surface area contributed by atoms with Gasteiger partial charge in [0.2, 0.25) is 5.91 Å². The lowest BCUT2D eigenvalue weighted by Gasteiger charge is -2.21. The molecule has 13 heavy (non-hydrogen) atoms. The second kappa shape index (κ2) is 2.07. The van der Waals surface area contributed by atoms with Gasteiger partial charge in [0, 0.05) is 0 Å². The monoisotopic (exact) mass is 183 g/mol. The third-order valence-electron chi connectivity index (χ3n) is 3.13. The predicted molar refractivity (Wildman–Crippen MR) is 43.9 cm³/mol. The van der Waals surface area contributed by atoms with E-state index < -0.39 is 5.79 Å². The Balaban J connectivity index is 1.91. The van der Waals surface area contributed by atoms with Crippen LogP contribution in [0.4, 0.5) is 0 Å². The van der Waals surface area contributed by atoms with Crippen LogP contribution in [0.3, 0.4) is 0 Å². The fourth-order valence-corrected chi connectivity index (χ4v) is 2.67. The maximum absolute atomic E-state index is 11.3. The van der Waals surface area contributed by atoms with Gasteiger partial charge in [0.05, 0.1) is 12.0 Å². The summed E-state index contributed by atoms with van der Waals surface area (Å²) in [6.07, 6.45) is 0.955. The fraction of sp³-hybridized carbons (Fsp3) is 0.889. The number of hydrogen-bond donors (Lipinski definition) is 1. The summed E-state index contributed by atoms with van der Waals surface area (Å²) in [6, 6.07) is 0.185.